The largest absolute Gasteiger partial charge is 0.407 e. The minimum atomic E-state index is 0.0972. The molecule has 8 heteroatoms. The molecule has 27 heavy (non-hydrogen) atoms. The molecular formula is C19H16BrClN4O2. The van der Waals surface area contributed by atoms with Crippen LogP contribution < -0.4 is 0 Å². The number of carbonyl (C=O) groups is 1. The Morgan fingerprint density at radius 1 is 1.26 bits per heavy atom. The number of carbonyl (C=O) groups excluding carboxylic acids is 1. The third kappa shape index (κ3) is 4.09. The Bertz CT molecular complexity index is 1020. The van der Waals surface area contributed by atoms with Crippen LogP contribution in [0.4, 0.5) is 5.69 Å². The lowest BCUT2D eigenvalue weighted by Gasteiger charge is -2.11. The molecule has 2 heterocycles. The fourth-order valence-corrected chi connectivity index (χ4v) is 3.42. The van der Waals surface area contributed by atoms with Crippen LogP contribution in [0.5, 0.6) is 0 Å². The summed E-state index contributed by atoms with van der Waals surface area (Å²) in [6, 6.07) is 9.15. The highest BCUT2D eigenvalue weighted by Crippen LogP contribution is 2.28. The van der Waals surface area contributed by atoms with Crippen LogP contribution >= 0.6 is 27.5 Å². The zero-order chi connectivity index (χ0) is 19.6. The van der Waals surface area contributed by atoms with Crippen molar-refractivity contribution < 1.29 is 9.53 Å². The Morgan fingerprint density at radius 3 is 2.59 bits per heavy atom. The molecule has 0 bridgehead atoms. The number of ether oxygens (including phenoxy) is 1. The Balaban J connectivity index is 2.21. The molecule has 0 aliphatic rings. The number of aryl methyl sites for hydroxylation is 3. The van der Waals surface area contributed by atoms with Crippen molar-refractivity contribution in [1.29, 1.82) is 0 Å². The summed E-state index contributed by atoms with van der Waals surface area (Å²) in [4.78, 5) is 20.0. The van der Waals surface area contributed by atoms with E-state index in [2.05, 4.69) is 31.0 Å². The number of benzene rings is 1. The molecule has 6 nitrogen and oxygen atoms in total. The van der Waals surface area contributed by atoms with Gasteiger partial charge in [0.1, 0.15) is 10.3 Å². The van der Waals surface area contributed by atoms with Crippen molar-refractivity contribution in [3.8, 4) is 5.82 Å². The predicted molar refractivity (Wildman–Crippen MR) is 108 cm³/mol. The van der Waals surface area contributed by atoms with Gasteiger partial charge < -0.3 is 4.74 Å². The van der Waals surface area contributed by atoms with Crippen LogP contribution in [0.15, 0.2) is 46.1 Å². The van der Waals surface area contributed by atoms with Gasteiger partial charge in [0.25, 0.3) is 6.47 Å². The van der Waals surface area contributed by atoms with Crippen LogP contribution in [0.25, 0.3) is 5.82 Å². The van der Waals surface area contributed by atoms with E-state index in [1.165, 1.54) is 4.68 Å². The third-order valence-electron chi connectivity index (χ3n) is 3.85. The lowest BCUT2D eigenvalue weighted by Crippen LogP contribution is -2.14. The second-order valence-electron chi connectivity index (χ2n) is 5.95. The second-order valence-corrected chi connectivity index (χ2v) is 7.17. The number of pyridine rings is 1. The Kier molecular flexibility index (Phi) is 5.72. The lowest BCUT2D eigenvalue weighted by atomic mass is 10.1. The minimum Gasteiger partial charge on any atom is -0.407 e. The molecule has 0 atom stereocenters. The normalized spacial score (nSPS) is 11.5. The average Bonchev–Trinajstić information content (AvgIpc) is 2.99. The van der Waals surface area contributed by atoms with Crippen molar-refractivity contribution in [2.24, 2.45) is 4.99 Å². The number of nitrogens with zero attached hydrogens (tertiary/aromatic N) is 4. The van der Waals surface area contributed by atoms with Crippen molar-refractivity contribution in [1.82, 2.24) is 14.8 Å². The third-order valence-corrected chi connectivity index (χ3v) is 4.53. The summed E-state index contributed by atoms with van der Waals surface area (Å²) in [6.45, 7) is 6.27. The molecule has 0 aliphatic carbocycles. The Hall–Kier alpha value is -2.51. The molecule has 1 aromatic carbocycles. The second kappa shape index (κ2) is 8.02. The Labute approximate surface area is 170 Å². The van der Waals surface area contributed by atoms with Crippen molar-refractivity contribution in [3.63, 3.8) is 0 Å². The van der Waals surface area contributed by atoms with Gasteiger partial charge in [-0.15, -0.1) is 0 Å². The first-order valence-corrected chi connectivity index (χ1v) is 9.21. The minimum absolute atomic E-state index is 0.0972. The molecule has 0 fully saturated rings. The van der Waals surface area contributed by atoms with Gasteiger partial charge in [0.15, 0.2) is 5.82 Å². The van der Waals surface area contributed by atoms with E-state index in [1.54, 1.807) is 24.4 Å². The van der Waals surface area contributed by atoms with Crippen molar-refractivity contribution in [2.75, 3.05) is 0 Å². The molecule has 0 spiro atoms. The maximum atomic E-state index is 11.1. The average molecular weight is 448 g/mol. The van der Waals surface area contributed by atoms with Crippen LogP contribution in [0.2, 0.25) is 5.02 Å². The summed E-state index contributed by atoms with van der Waals surface area (Å²) in [6.07, 6.45) is 1.60. The maximum absolute atomic E-state index is 11.1. The molecular weight excluding hydrogens is 432 g/mol. The molecule has 0 amide bonds. The fraction of sp³-hybridized carbons (Fsp3) is 0.158. The van der Waals surface area contributed by atoms with Gasteiger partial charge in [0.2, 0.25) is 5.90 Å². The van der Waals surface area contributed by atoms with Crippen molar-refractivity contribution in [3.05, 3.63) is 68.5 Å². The number of hydrogen-bond donors (Lipinski definition) is 0. The summed E-state index contributed by atoms with van der Waals surface area (Å²) in [5.41, 5.74) is 4.25. The van der Waals surface area contributed by atoms with Crippen LogP contribution in [-0.4, -0.2) is 27.1 Å². The molecule has 0 aliphatic heterocycles. The topological polar surface area (TPSA) is 69.4 Å². The van der Waals surface area contributed by atoms with Gasteiger partial charge in [0, 0.05) is 12.3 Å². The molecule has 2 aromatic heterocycles. The van der Waals surface area contributed by atoms with E-state index < -0.39 is 0 Å². The fourth-order valence-electron chi connectivity index (χ4n) is 2.84. The van der Waals surface area contributed by atoms with Crippen LogP contribution in [0.1, 0.15) is 22.4 Å². The van der Waals surface area contributed by atoms with Crippen molar-refractivity contribution in [2.45, 2.75) is 20.8 Å². The number of rotatable bonds is 4. The van der Waals surface area contributed by atoms with E-state index in [9.17, 15) is 4.79 Å². The molecule has 138 valence electrons. The van der Waals surface area contributed by atoms with Gasteiger partial charge in [-0.1, -0.05) is 29.3 Å². The lowest BCUT2D eigenvalue weighted by molar-refractivity contribution is -0.121. The maximum Gasteiger partial charge on any atom is 0.299 e. The van der Waals surface area contributed by atoms with Gasteiger partial charge in [-0.25, -0.2) is 14.7 Å². The molecule has 3 aromatic rings. The van der Waals surface area contributed by atoms with Gasteiger partial charge in [0.05, 0.1) is 10.7 Å². The highest BCUT2D eigenvalue weighted by atomic mass is 79.9. The van der Waals surface area contributed by atoms with Crippen LogP contribution in [0, 0.1) is 20.8 Å². The summed E-state index contributed by atoms with van der Waals surface area (Å²) in [7, 11) is 0. The molecule has 0 unspecified atom stereocenters. The number of aliphatic imine (C=N–C) groups is 1. The van der Waals surface area contributed by atoms with Crippen LogP contribution in [-0.2, 0) is 9.53 Å². The first-order valence-electron chi connectivity index (χ1n) is 8.04. The first kappa shape index (κ1) is 19.3. The predicted octanol–water partition coefficient (Wildman–Crippen LogP) is 4.86. The summed E-state index contributed by atoms with van der Waals surface area (Å²) in [5.74, 6) is 0.499. The highest BCUT2D eigenvalue weighted by molar-refractivity contribution is 9.10. The molecule has 0 saturated heterocycles. The Morgan fingerprint density at radius 2 is 1.96 bits per heavy atom. The molecule has 0 N–H and O–H groups in total. The summed E-state index contributed by atoms with van der Waals surface area (Å²) < 4.78 is 7.21. The number of hydrogen-bond acceptors (Lipinski definition) is 5. The molecule has 0 saturated carbocycles. The van der Waals surface area contributed by atoms with Gasteiger partial charge in [-0.05, 0) is 60.0 Å². The van der Waals surface area contributed by atoms with E-state index in [1.807, 2.05) is 32.9 Å². The summed E-state index contributed by atoms with van der Waals surface area (Å²) in [5, 5.41) is 4.76. The standard InChI is InChI=1S/C19H16BrClN4O2/c1-11-7-12(2)17(13(3)8-11)23-19(27-10-26)15-9-16(20)24-25(15)18-14(21)5-4-6-22-18/h4-10H,1-3H3. The monoisotopic (exact) mass is 446 g/mol. The van der Waals surface area contributed by atoms with E-state index in [0.717, 1.165) is 22.4 Å². The number of halogens is 2. The van der Waals surface area contributed by atoms with E-state index in [0.29, 0.717) is 27.6 Å². The van der Waals surface area contributed by atoms with Crippen molar-refractivity contribution >= 4 is 45.6 Å². The highest BCUT2D eigenvalue weighted by Gasteiger charge is 2.19. The molecule has 3 rings (SSSR count). The van der Waals surface area contributed by atoms with Gasteiger partial charge >= 0.3 is 0 Å². The van der Waals surface area contributed by atoms with Gasteiger partial charge in [-0.2, -0.15) is 5.10 Å². The van der Waals surface area contributed by atoms with E-state index in [-0.39, 0.29) is 5.90 Å². The SMILES string of the molecule is Cc1cc(C)c(N=C(OC=O)c2cc(Br)nn2-c2ncccc2Cl)c(C)c1. The number of aromatic nitrogens is 3. The quantitative estimate of drug-likeness (QED) is 0.325. The molecule has 0 radical (unpaired) electrons. The zero-order valence-corrected chi connectivity index (χ0v) is 17.2. The van der Waals surface area contributed by atoms with Crippen LogP contribution in [0.3, 0.4) is 0 Å². The smallest absolute Gasteiger partial charge is 0.299 e. The van der Waals surface area contributed by atoms with E-state index in [4.69, 9.17) is 16.3 Å². The van der Waals surface area contributed by atoms with Gasteiger partial charge in [-0.3, -0.25) is 4.79 Å². The van der Waals surface area contributed by atoms with E-state index >= 15 is 0 Å². The zero-order valence-electron chi connectivity index (χ0n) is 14.9. The summed E-state index contributed by atoms with van der Waals surface area (Å²) >= 11 is 9.61. The first-order chi connectivity index (χ1) is 12.9.